The minimum absolute atomic E-state index is 0.346. The predicted molar refractivity (Wildman–Crippen MR) is 64.3 cm³/mol. The predicted octanol–water partition coefficient (Wildman–Crippen LogP) is 1.63. The first-order valence-corrected chi connectivity index (χ1v) is 6.35. The van der Waals surface area contributed by atoms with Crippen LogP contribution in [0.5, 0.6) is 0 Å². The molecule has 1 aliphatic carbocycles. The summed E-state index contributed by atoms with van der Waals surface area (Å²) in [6.07, 6.45) is 7.89. The smallest absolute Gasteiger partial charge is 0.277 e. The SMILES string of the molecule is CC1(C)C=CC(C)(S(=O)(=O)O)C=CC(N)=C1. The van der Waals surface area contributed by atoms with E-state index in [0.29, 0.717) is 5.70 Å². The number of hydrogen-bond acceptors (Lipinski definition) is 3. The van der Waals surface area contributed by atoms with Gasteiger partial charge in [0.15, 0.2) is 0 Å². The van der Waals surface area contributed by atoms with Gasteiger partial charge < -0.3 is 5.73 Å². The van der Waals surface area contributed by atoms with Crippen molar-refractivity contribution in [1.29, 1.82) is 0 Å². The van der Waals surface area contributed by atoms with Gasteiger partial charge in [0, 0.05) is 11.1 Å². The van der Waals surface area contributed by atoms with Gasteiger partial charge in [-0.3, -0.25) is 4.55 Å². The Balaban J connectivity index is 3.36. The van der Waals surface area contributed by atoms with Crippen LogP contribution in [0.1, 0.15) is 20.8 Å². The summed E-state index contributed by atoms with van der Waals surface area (Å²) in [6.45, 7) is 5.23. The van der Waals surface area contributed by atoms with Crippen LogP contribution < -0.4 is 5.73 Å². The van der Waals surface area contributed by atoms with E-state index >= 15 is 0 Å². The van der Waals surface area contributed by atoms with Crippen LogP contribution >= 0.6 is 0 Å². The molecule has 5 heteroatoms. The lowest BCUT2D eigenvalue weighted by atomic mass is 9.88. The highest BCUT2D eigenvalue weighted by Crippen LogP contribution is 2.28. The van der Waals surface area contributed by atoms with Gasteiger partial charge in [0.2, 0.25) is 0 Å². The van der Waals surface area contributed by atoms with Gasteiger partial charge in [0.05, 0.1) is 0 Å². The fraction of sp³-hybridized carbons (Fsp3) is 0.455. The summed E-state index contributed by atoms with van der Waals surface area (Å²) in [6, 6.07) is 0. The van der Waals surface area contributed by atoms with E-state index in [-0.39, 0.29) is 5.41 Å². The van der Waals surface area contributed by atoms with Crippen LogP contribution in [0.3, 0.4) is 0 Å². The van der Waals surface area contributed by atoms with Crippen LogP contribution in [0.25, 0.3) is 0 Å². The molecule has 0 aromatic heterocycles. The molecule has 0 saturated carbocycles. The van der Waals surface area contributed by atoms with E-state index < -0.39 is 14.9 Å². The largest absolute Gasteiger partial charge is 0.399 e. The highest BCUT2D eigenvalue weighted by Gasteiger charge is 2.33. The van der Waals surface area contributed by atoms with E-state index in [2.05, 4.69) is 0 Å². The first kappa shape index (κ1) is 13.0. The molecular weight excluding hydrogens is 226 g/mol. The van der Waals surface area contributed by atoms with E-state index in [4.69, 9.17) is 5.73 Å². The lowest BCUT2D eigenvalue weighted by Crippen LogP contribution is -2.31. The molecule has 0 heterocycles. The van der Waals surface area contributed by atoms with Crippen molar-refractivity contribution in [2.24, 2.45) is 11.1 Å². The third-order valence-corrected chi connectivity index (χ3v) is 3.93. The van der Waals surface area contributed by atoms with Crippen LogP contribution in [0.2, 0.25) is 0 Å². The monoisotopic (exact) mass is 243 g/mol. The van der Waals surface area contributed by atoms with Gasteiger partial charge in [-0.05, 0) is 13.0 Å². The molecule has 0 aromatic rings. The maximum absolute atomic E-state index is 11.3. The second-order valence-electron chi connectivity index (χ2n) is 4.79. The second kappa shape index (κ2) is 3.75. The Morgan fingerprint density at radius 2 is 1.75 bits per heavy atom. The van der Waals surface area contributed by atoms with Crippen molar-refractivity contribution >= 4 is 10.1 Å². The Bertz CT molecular complexity index is 471. The number of hydrogen-bond donors (Lipinski definition) is 2. The van der Waals surface area contributed by atoms with Crippen molar-refractivity contribution in [3.8, 4) is 0 Å². The summed E-state index contributed by atoms with van der Waals surface area (Å²) in [7, 11) is -4.19. The maximum atomic E-state index is 11.3. The fourth-order valence-electron chi connectivity index (χ4n) is 1.40. The molecule has 0 radical (unpaired) electrons. The highest BCUT2D eigenvalue weighted by molar-refractivity contribution is 7.87. The Kier molecular flexibility index (Phi) is 3.04. The molecular formula is C11H17NO3S. The average molecular weight is 243 g/mol. The number of allylic oxidation sites excluding steroid dienone is 3. The summed E-state index contributed by atoms with van der Waals surface area (Å²) < 4.78 is 30.3. The number of rotatable bonds is 1. The zero-order valence-corrected chi connectivity index (χ0v) is 10.5. The molecule has 1 unspecified atom stereocenters. The lowest BCUT2D eigenvalue weighted by Gasteiger charge is -2.24. The topological polar surface area (TPSA) is 80.4 Å². The molecule has 3 N–H and O–H groups in total. The van der Waals surface area contributed by atoms with Crippen LogP contribution in [0, 0.1) is 5.41 Å². The highest BCUT2D eigenvalue weighted by atomic mass is 32.2. The molecule has 0 aromatic carbocycles. The molecule has 0 fully saturated rings. The fourth-order valence-corrected chi connectivity index (χ4v) is 1.88. The normalized spacial score (nSPS) is 29.4. The Hall–Kier alpha value is -1.07. The van der Waals surface area contributed by atoms with E-state index in [9.17, 15) is 13.0 Å². The molecule has 0 aliphatic heterocycles. The maximum Gasteiger partial charge on any atom is 0.277 e. The van der Waals surface area contributed by atoms with Crippen molar-refractivity contribution in [2.45, 2.75) is 25.5 Å². The van der Waals surface area contributed by atoms with E-state index in [1.54, 1.807) is 6.08 Å². The van der Waals surface area contributed by atoms with Crippen LogP contribution in [0.4, 0.5) is 0 Å². The molecule has 1 atom stereocenters. The van der Waals surface area contributed by atoms with Crippen molar-refractivity contribution < 1.29 is 13.0 Å². The Morgan fingerprint density at radius 3 is 2.25 bits per heavy atom. The van der Waals surface area contributed by atoms with Gasteiger partial charge in [-0.2, -0.15) is 8.42 Å². The number of nitrogens with two attached hydrogens (primary N) is 1. The minimum atomic E-state index is -4.19. The summed E-state index contributed by atoms with van der Waals surface area (Å²) in [5, 5.41) is 0. The van der Waals surface area contributed by atoms with Crippen LogP contribution in [0.15, 0.2) is 36.1 Å². The molecule has 16 heavy (non-hydrogen) atoms. The van der Waals surface area contributed by atoms with Gasteiger partial charge in [0.25, 0.3) is 10.1 Å². The summed E-state index contributed by atoms with van der Waals surface area (Å²) >= 11 is 0. The Morgan fingerprint density at radius 1 is 1.19 bits per heavy atom. The van der Waals surface area contributed by atoms with E-state index in [1.165, 1.54) is 25.2 Å². The first-order valence-electron chi connectivity index (χ1n) is 4.91. The Labute approximate surface area is 96.3 Å². The van der Waals surface area contributed by atoms with E-state index in [0.717, 1.165) is 0 Å². The third kappa shape index (κ3) is 2.74. The molecule has 4 nitrogen and oxygen atoms in total. The first-order chi connectivity index (χ1) is 7.06. The van der Waals surface area contributed by atoms with Gasteiger partial charge in [0.1, 0.15) is 4.75 Å². The molecule has 0 spiro atoms. The van der Waals surface area contributed by atoms with Gasteiger partial charge in [-0.15, -0.1) is 0 Å². The summed E-state index contributed by atoms with van der Waals surface area (Å²) in [4.78, 5) is 0. The summed E-state index contributed by atoms with van der Waals surface area (Å²) in [5.41, 5.74) is 5.84. The third-order valence-electron chi connectivity index (χ3n) is 2.55. The van der Waals surface area contributed by atoms with Crippen LogP contribution in [-0.4, -0.2) is 17.7 Å². The van der Waals surface area contributed by atoms with Gasteiger partial charge in [-0.25, -0.2) is 0 Å². The minimum Gasteiger partial charge on any atom is -0.399 e. The zero-order valence-electron chi connectivity index (χ0n) is 9.64. The quantitative estimate of drug-likeness (QED) is 0.542. The van der Waals surface area contributed by atoms with Crippen molar-refractivity contribution in [3.05, 3.63) is 36.1 Å². The van der Waals surface area contributed by atoms with Gasteiger partial charge in [-0.1, -0.05) is 38.2 Å². The molecule has 0 bridgehead atoms. The molecule has 90 valence electrons. The van der Waals surface area contributed by atoms with Crippen LogP contribution in [-0.2, 0) is 10.1 Å². The van der Waals surface area contributed by atoms with Crippen molar-refractivity contribution in [2.75, 3.05) is 0 Å². The molecule has 1 aliphatic rings. The molecule has 0 saturated heterocycles. The van der Waals surface area contributed by atoms with Crippen molar-refractivity contribution in [3.63, 3.8) is 0 Å². The zero-order chi connectivity index (χ0) is 12.6. The average Bonchev–Trinajstić information content (AvgIpc) is 2.07. The molecule has 1 rings (SSSR count). The van der Waals surface area contributed by atoms with Gasteiger partial charge >= 0.3 is 0 Å². The van der Waals surface area contributed by atoms with E-state index in [1.807, 2.05) is 19.9 Å². The summed E-state index contributed by atoms with van der Waals surface area (Å²) in [5.74, 6) is 0. The standard InChI is InChI=1S/C11H17NO3S/c1-10(2)6-7-11(3,16(13,14)15)5-4-9(12)8-10/h4-8H,12H2,1-3H3,(H,13,14,15). The van der Waals surface area contributed by atoms with Crippen molar-refractivity contribution in [1.82, 2.24) is 0 Å². The molecule has 0 amide bonds. The lowest BCUT2D eigenvalue weighted by molar-refractivity contribution is 0.465. The second-order valence-corrected chi connectivity index (χ2v) is 6.62.